The van der Waals surface area contributed by atoms with Gasteiger partial charge >= 0.3 is 6.18 Å². The maximum Gasteiger partial charge on any atom is 0.416 e. The Labute approximate surface area is 159 Å². The van der Waals surface area contributed by atoms with E-state index >= 15 is 0 Å². The minimum absolute atomic E-state index is 0.345. The summed E-state index contributed by atoms with van der Waals surface area (Å²) in [7, 11) is 1.70. The van der Waals surface area contributed by atoms with E-state index in [2.05, 4.69) is 34.4 Å². The molecular weight excluding hydrogens is 357 g/mol. The summed E-state index contributed by atoms with van der Waals surface area (Å²) in [5, 5.41) is 6.52. The first kappa shape index (κ1) is 21.5. The smallest absolute Gasteiger partial charge is 0.379 e. The van der Waals surface area contributed by atoms with E-state index in [0.29, 0.717) is 31.0 Å². The molecule has 1 aliphatic heterocycles. The van der Waals surface area contributed by atoms with Gasteiger partial charge in [-0.25, -0.2) is 0 Å². The number of guanidine groups is 1. The fourth-order valence-electron chi connectivity index (χ4n) is 3.16. The van der Waals surface area contributed by atoms with Gasteiger partial charge in [-0.2, -0.15) is 13.2 Å². The van der Waals surface area contributed by atoms with Gasteiger partial charge in [0.05, 0.1) is 18.8 Å². The lowest BCUT2D eigenvalue weighted by Crippen LogP contribution is -2.53. The monoisotopic (exact) mass is 386 g/mol. The average molecular weight is 386 g/mol. The average Bonchev–Trinajstić information content (AvgIpc) is 2.64. The Hall–Kier alpha value is -1.80. The van der Waals surface area contributed by atoms with Crippen molar-refractivity contribution in [3.8, 4) is 0 Å². The lowest BCUT2D eigenvalue weighted by Gasteiger charge is -2.38. The van der Waals surface area contributed by atoms with Gasteiger partial charge in [0, 0.05) is 38.8 Å². The number of rotatable bonds is 6. The molecule has 1 fully saturated rings. The van der Waals surface area contributed by atoms with Crippen LogP contribution in [0, 0.1) is 0 Å². The summed E-state index contributed by atoms with van der Waals surface area (Å²) in [6.07, 6.45) is -3.67. The van der Waals surface area contributed by atoms with Crippen LogP contribution in [0.1, 0.15) is 25.0 Å². The molecule has 2 unspecified atom stereocenters. The maximum absolute atomic E-state index is 12.6. The van der Waals surface area contributed by atoms with Gasteiger partial charge in [0.2, 0.25) is 0 Å². The van der Waals surface area contributed by atoms with Gasteiger partial charge in [-0.1, -0.05) is 12.1 Å². The Morgan fingerprint density at radius 3 is 2.59 bits per heavy atom. The molecule has 0 aromatic heterocycles. The second kappa shape index (κ2) is 9.94. The first-order valence-electron chi connectivity index (χ1n) is 9.25. The number of benzene rings is 1. The molecule has 1 heterocycles. The number of nitrogens with one attached hydrogen (secondary N) is 2. The molecule has 0 bridgehead atoms. The lowest BCUT2D eigenvalue weighted by atomic mass is 10.1. The summed E-state index contributed by atoms with van der Waals surface area (Å²) in [6, 6.07) is 6.01. The number of ether oxygens (including phenoxy) is 1. The number of hydrogen-bond acceptors (Lipinski definition) is 3. The molecule has 1 aromatic carbocycles. The van der Waals surface area contributed by atoms with Crippen LogP contribution < -0.4 is 10.6 Å². The van der Waals surface area contributed by atoms with E-state index in [1.807, 2.05) is 0 Å². The van der Waals surface area contributed by atoms with Crippen LogP contribution in [0.25, 0.3) is 0 Å². The van der Waals surface area contributed by atoms with Gasteiger partial charge in [0.1, 0.15) is 0 Å². The maximum atomic E-state index is 12.6. The molecule has 0 radical (unpaired) electrons. The summed E-state index contributed by atoms with van der Waals surface area (Å²) < 4.78 is 43.2. The number of halogens is 3. The predicted molar refractivity (Wildman–Crippen MR) is 101 cm³/mol. The number of morpholine rings is 1. The molecule has 1 saturated heterocycles. The standard InChI is InChI=1S/C19H29F3N4O/c1-14(26-10-11-27-13-15(26)2)12-25-18(23-3)24-9-8-16-4-6-17(7-5-16)19(20,21)22/h4-7,14-15H,8-13H2,1-3H3,(H2,23,24,25). The molecule has 0 amide bonds. The molecule has 27 heavy (non-hydrogen) atoms. The van der Waals surface area contributed by atoms with Gasteiger partial charge in [-0.15, -0.1) is 0 Å². The third-order valence-electron chi connectivity index (χ3n) is 4.76. The molecule has 0 saturated carbocycles. The van der Waals surface area contributed by atoms with Crippen molar-refractivity contribution >= 4 is 5.96 Å². The number of hydrogen-bond donors (Lipinski definition) is 2. The van der Waals surface area contributed by atoms with Crippen molar-refractivity contribution in [2.45, 2.75) is 38.5 Å². The van der Waals surface area contributed by atoms with Crippen molar-refractivity contribution in [3.63, 3.8) is 0 Å². The van der Waals surface area contributed by atoms with Crippen LogP contribution in [0.2, 0.25) is 0 Å². The molecule has 2 N–H and O–H groups in total. The minimum Gasteiger partial charge on any atom is -0.379 e. The highest BCUT2D eigenvalue weighted by Crippen LogP contribution is 2.29. The van der Waals surface area contributed by atoms with Gasteiger partial charge in [-0.3, -0.25) is 9.89 Å². The number of aliphatic imine (C=N–C) groups is 1. The summed E-state index contributed by atoms with van der Waals surface area (Å²) in [5.41, 5.74) is 0.226. The van der Waals surface area contributed by atoms with Crippen molar-refractivity contribution in [1.29, 1.82) is 0 Å². The van der Waals surface area contributed by atoms with Gasteiger partial charge in [0.15, 0.2) is 5.96 Å². The second-order valence-electron chi connectivity index (χ2n) is 6.84. The fourth-order valence-corrected chi connectivity index (χ4v) is 3.16. The molecule has 2 atom stereocenters. The Morgan fingerprint density at radius 2 is 2.00 bits per heavy atom. The molecule has 1 aromatic rings. The number of nitrogens with zero attached hydrogens (tertiary/aromatic N) is 2. The van der Waals surface area contributed by atoms with Crippen LogP contribution in [0.15, 0.2) is 29.3 Å². The van der Waals surface area contributed by atoms with Crippen LogP contribution >= 0.6 is 0 Å². The van der Waals surface area contributed by atoms with Gasteiger partial charge in [0.25, 0.3) is 0 Å². The van der Waals surface area contributed by atoms with E-state index in [9.17, 15) is 13.2 Å². The van der Waals surface area contributed by atoms with Crippen molar-refractivity contribution < 1.29 is 17.9 Å². The predicted octanol–water partition coefficient (Wildman–Crippen LogP) is 2.52. The Bertz CT molecular complexity index is 604. The van der Waals surface area contributed by atoms with E-state index in [-0.39, 0.29) is 0 Å². The Balaban J connectivity index is 1.74. The van der Waals surface area contributed by atoms with E-state index in [1.165, 1.54) is 12.1 Å². The molecule has 0 aliphatic carbocycles. The zero-order chi connectivity index (χ0) is 19.9. The highest BCUT2D eigenvalue weighted by atomic mass is 19.4. The highest BCUT2D eigenvalue weighted by molar-refractivity contribution is 5.79. The largest absolute Gasteiger partial charge is 0.416 e. The van der Waals surface area contributed by atoms with Crippen molar-refractivity contribution in [1.82, 2.24) is 15.5 Å². The SMILES string of the molecule is CN=C(NCCc1ccc(C(F)(F)F)cc1)NCC(C)N1CCOCC1C. The van der Waals surface area contributed by atoms with E-state index in [0.717, 1.165) is 44.0 Å². The molecular formula is C19H29F3N4O. The zero-order valence-corrected chi connectivity index (χ0v) is 16.1. The molecule has 2 rings (SSSR count). The summed E-state index contributed by atoms with van der Waals surface area (Å²) in [5.74, 6) is 0.690. The van der Waals surface area contributed by atoms with Crippen LogP contribution in [0.5, 0.6) is 0 Å². The van der Waals surface area contributed by atoms with Crippen LogP contribution in [0.4, 0.5) is 13.2 Å². The van der Waals surface area contributed by atoms with Crippen LogP contribution in [-0.4, -0.2) is 62.8 Å². The van der Waals surface area contributed by atoms with Gasteiger partial charge in [-0.05, 0) is 38.0 Å². The molecule has 8 heteroatoms. The second-order valence-corrected chi connectivity index (χ2v) is 6.84. The molecule has 152 valence electrons. The topological polar surface area (TPSA) is 48.9 Å². The zero-order valence-electron chi connectivity index (χ0n) is 16.1. The lowest BCUT2D eigenvalue weighted by molar-refractivity contribution is -0.137. The van der Waals surface area contributed by atoms with Crippen LogP contribution in [-0.2, 0) is 17.3 Å². The first-order valence-corrected chi connectivity index (χ1v) is 9.25. The molecule has 0 spiro atoms. The van der Waals surface area contributed by atoms with Gasteiger partial charge < -0.3 is 15.4 Å². The van der Waals surface area contributed by atoms with Crippen molar-refractivity contribution in [2.75, 3.05) is 39.9 Å². The summed E-state index contributed by atoms with van der Waals surface area (Å²) in [4.78, 5) is 6.61. The number of alkyl halides is 3. The molecule has 5 nitrogen and oxygen atoms in total. The van der Waals surface area contributed by atoms with E-state index in [1.54, 1.807) is 7.05 Å². The quantitative estimate of drug-likeness (QED) is 0.583. The van der Waals surface area contributed by atoms with Crippen molar-refractivity contribution in [3.05, 3.63) is 35.4 Å². The minimum atomic E-state index is -4.29. The van der Waals surface area contributed by atoms with Crippen LogP contribution in [0.3, 0.4) is 0 Å². The summed E-state index contributed by atoms with van der Waals surface area (Å²) in [6.45, 7) is 8.11. The Kier molecular flexibility index (Phi) is 7.91. The highest BCUT2D eigenvalue weighted by Gasteiger charge is 2.29. The third-order valence-corrected chi connectivity index (χ3v) is 4.76. The fraction of sp³-hybridized carbons (Fsp3) is 0.632. The van der Waals surface area contributed by atoms with Crippen molar-refractivity contribution in [2.24, 2.45) is 4.99 Å². The van der Waals surface area contributed by atoms with E-state index in [4.69, 9.17) is 4.74 Å². The van der Waals surface area contributed by atoms with E-state index < -0.39 is 11.7 Å². The first-order chi connectivity index (χ1) is 12.8. The molecule has 1 aliphatic rings. The summed E-state index contributed by atoms with van der Waals surface area (Å²) >= 11 is 0. The third kappa shape index (κ3) is 6.70. The Morgan fingerprint density at radius 1 is 1.30 bits per heavy atom. The normalized spacial score (nSPS) is 20.4.